The molecule has 1 aromatic heterocycles. The van der Waals surface area contributed by atoms with Crippen LogP contribution in [0.1, 0.15) is 0 Å². The lowest BCUT2D eigenvalue weighted by Gasteiger charge is -2.08. The van der Waals surface area contributed by atoms with Crippen LogP contribution in [0.3, 0.4) is 0 Å². The van der Waals surface area contributed by atoms with Crippen LogP contribution in [0.25, 0.3) is 21.9 Å². The van der Waals surface area contributed by atoms with E-state index in [1.807, 2.05) is 42.5 Å². The van der Waals surface area contributed by atoms with Crippen LogP contribution in [0.15, 0.2) is 47.8 Å². The van der Waals surface area contributed by atoms with E-state index in [1.54, 1.807) is 18.4 Å². The molecule has 0 amide bonds. The molecule has 100 valence electrons. The predicted octanol–water partition coefficient (Wildman–Crippen LogP) is 5.96. The molecule has 0 spiro atoms. The van der Waals surface area contributed by atoms with Crippen molar-refractivity contribution in [3.8, 4) is 16.9 Å². The number of rotatable bonds is 2. The maximum absolute atomic E-state index is 5.96. The predicted molar refractivity (Wildman–Crippen MR) is 89.7 cm³/mol. The quantitative estimate of drug-likeness (QED) is 0.539. The summed E-state index contributed by atoms with van der Waals surface area (Å²) in [5, 5.41) is 5.01. The van der Waals surface area contributed by atoms with Crippen LogP contribution in [0, 0.1) is 3.82 Å². The summed E-state index contributed by atoms with van der Waals surface area (Å²) >= 11 is 13.0. The van der Waals surface area contributed by atoms with Crippen LogP contribution >= 0.6 is 35.2 Å². The van der Waals surface area contributed by atoms with E-state index in [-0.39, 0.29) is 0 Å². The molecule has 0 bridgehead atoms. The number of benzene rings is 2. The zero-order valence-electron chi connectivity index (χ0n) is 10.7. The van der Waals surface area contributed by atoms with Crippen molar-refractivity contribution >= 4 is 45.9 Å². The van der Waals surface area contributed by atoms with Crippen LogP contribution in [-0.4, -0.2) is 7.11 Å². The Morgan fingerprint density at radius 2 is 1.80 bits per heavy atom. The Morgan fingerprint density at radius 1 is 1.05 bits per heavy atom. The van der Waals surface area contributed by atoms with E-state index in [2.05, 4.69) is 5.38 Å². The maximum atomic E-state index is 5.96. The van der Waals surface area contributed by atoms with Gasteiger partial charge in [-0.2, -0.15) is 0 Å². The number of fused-ring (bicyclic) bond motifs is 1. The van der Waals surface area contributed by atoms with Gasteiger partial charge in [0.05, 0.1) is 10.9 Å². The molecule has 20 heavy (non-hydrogen) atoms. The van der Waals surface area contributed by atoms with Gasteiger partial charge in [-0.25, -0.2) is 0 Å². The van der Waals surface area contributed by atoms with E-state index in [4.69, 9.17) is 28.6 Å². The van der Waals surface area contributed by atoms with Crippen molar-refractivity contribution in [2.45, 2.75) is 0 Å². The monoisotopic (exact) mass is 318 g/mol. The van der Waals surface area contributed by atoms with Crippen LogP contribution in [0.5, 0.6) is 5.75 Å². The van der Waals surface area contributed by atoms with Gasteiger partial charge in [-0.15, -0.1) is 11.3 Å². The Kier molecular flexibility index (Phi) is 3.74. The first-order chi connectivity index (χ1) is 9.69. The van der Waals surface area contributed by atoms with Gasteiger partial charge in [0.25, 0.3) is 0 Å². The fourth-order valence-corrected chi connectivity index (χ4v) is 3.38. The summed E-state index contributed by atoms with van der Waals surface area (Å²) in [4.78, 5) is 0. The second-order valence-corrected chi connectivity index (χ2v) is 6.34. The molecular formula is C16H11ClOS2. The third-order valence-corrected chi connectivity index (χ3v) is 4.72. The number of hydrogen-bond donors (Lipinski definition) is 0. The zero-order valence-corrected chi connectivity index (χ0v) is 13.1. The molecule has 4 heteroatoms. The molecule has 0 aliphatic carbocycles. The highest BCUT2D eigenvalue weighted by Crippen LogP contribution is 2.34. The molecule has 0 saturated heterocycles. The molecule has 0 atom stereocenters. The molecule has 1 nitrogen and oxygen atoms in total. The average Bonchev–Trinajstić information content (AvgIpc) is 2.48. The maximum Gasteiger partial charge on any atom is 0.119 e. The molecule has 0 fully saturated rings. The fraction of sp³-hybridized carbons (Fsp3) is 0.0625. The van der Waals surface area contributed by atoms with Gasteiger partial charge in [-0.1, -0.05) is 36.0 Å². The first-order valence-corrected chi connectivity index (χ1v) is 7.71. The van der Waals surface area contributed by atoms with Crippen molar-refractivity contribution in [3.63, 3.8) is 0 Å². The fourth-order valence-electron chi connectivity index (χ4n) is 2.14. The summed E-state index contributed by atoms with van der Waals surface area (Å²) in [6.45, 7) is 0. The van der Waals surface area contributed by atoms with Gasteiger partial charge in [-0.3, -0.25) is 0 Å². The number of hydrogen-bond acceptors (Lipinski definition) is 3. The second-order valence-electron chi connectivity index (χ2n) is 4.36. The van der Waals surface area contributed by atoms with Crippen molar-refractivity contribution in [2.75, 3.05) is 7.11 Å². The van der Waals surface area contributed by atoms with E-state index >= 15 is 0 Å². The van der Waals surface area contributed by atoms with Gasteiger partial charge in [0.15, 0.2) is 0 Å². The molecular weight excluding hydrogens is 308 g/mol. The van der Waals surface area contributed by atoms with Gasteiger partial charge < -0.3 is 4.74 Å². The largest absolute Gasteiger partial charge is 0.497 e. The summed E-state index contributed by atoms with van der Waals surface area (Å²) in [7, 11) is 1.67. The summed E-state index contributed by atoms with van der Waals surface area (Å²) in [6, 6.07) is 13.8. The van der Waals surface area contributed by atoms with Crippen LogP contribution < -0.4 is 4.74 Å². The summed E-state index contributed by atoms with van der Waals surface area (Å²) in [5.74, 6) is 0.832. The van der Waals surface area contributed by atoms with E-state index < -0.39 is 0 Å². The SMILES string of the molecule is COc1ccc2c(=S)scc(-c3ccc(Cl)cc3)c2c1. The highest BCUT2D eigenvalue weighted by Gasteiger charge is 2.07. The summed E-state index contributed by atoms with van der Waals surface area (Å²) in [5.41, 5.74) is 2.27. The Bertz CT molecular complexity index is 822. The molecule has 3 rings (SSSR count). The van der Waals surface area contributed by atoms with Crippen molar-refractivity contribution < 1.29 is 4.74 Å². The van der Waals surface area contributed by atoms with Crippen molar-refractivity contribution in [1.82, 2.24) is 0 Å². The third-order valence-electron chi connectivity index (χ3n) is 3.18. The zero-order chi connectivity index (χ0) is 14.1. The van der Waals surface area contributed by atoms with E-state index in [9.17, 15) is 0 Å². The van der Waals surface area contributed by atoms with Crippen molar-refractivity contribution in [2.24, 2.45) is 0 Å². The second kappa shape index (κ2) is 5.52. The van der Waals surface area contributed by atoms with Crippen LogP contribution in [0.2, 0.25) is 5.02 Å². The molecule has 3 aromatic rings. The molecule has 0 unspecified atom stereocenters. The van der Waals surface area contributed by atoms with Crippen molar-refractivity contribution in [1.29, 1.82) is 0 Å². The molecule has 0 aliphatic heterocycles. The highest BCUT2D eigenvalue weighted by atomic mass is 35.5. The minimum Gasteiger partial charge on any atom is -0.497 e. The van der Waals surface area contributed by atoms with Crippen molar-refractivity contribution in [3.05, 3.63) is 56.7 Å². The molecule has 0 aliphatic rings. The average molecular weight is 319 g/mol. The Labute approximate surface area is 131 Å². The van der Waals surface area contributed by atoms with Crippen LogP contribution in [-0.2, 0) is 0 Å². The number of halogens is 1. The lowest BCUT2D eigenvalue weighted by Crippen LogP contribution is -1.85. The lowest BCUT2D eigenvalue weighted by molar-refractivity contribution is 0.415. The molecule has 0 saturated carbocycles. The summed E-state index contributed by atoms with van der Waals surface area (Å²) in [6.07, 6.45) is 0. The highest BCUT2D eigenvalue weighted by molar-refractivity contribution is 7.73. The van der Waals surface area contributed by atoms with E-state index in [0.29, 0.717) is 0 Å². The van der Waals surface area contributed by atoms with Gasteiger partial charge in [0.1, 0.15) is 5.75 Å². The molecule has 1 heterocycles. The van der Waals surface area contributed by atoms with E-state index in [0.717, 1.165) is 36.5 Å². The number of ether oxygens (including phenoxy) is 1. The minimum absolute atomic E-state index is 0.735. The Morgan fingerprint density at radius 3 is 2.50 bits per heavy atom. The normalized spacial score (nSPS) is 10.7. The molecule has 0 N–H and O–H groups in total. The van der Waals surface area contributed by atoms with Crippen LogP contribution in [0.4, 0.5) is 0 Å². The van der Waals surface area contributed by atoms with Gasteiger partial charge in [-0.05, 0) is 46.8 Å². The minimum atomic E-state index is 0.735. The summed E-state index contributed by atoms with van der Waals surface area (Å²) < 4.78 is 6.21. The van der Waals surface area contributed by atoms with Gasteiger partial charge in [0.2, 0.25) is 0 Å². The Hall–Kier alpha value is -1.42. The third kappa shape index (κ3) is 2.44. The topological polar surface area (TPSA) is 9.23 Å². The molecule has 2 aromatic carbocycles. The van der Waals surface area contributed by atoms with Gasteiger partial charge >= 0.3 is 0 Å². The standard InChI is InChI=1S/C16H11ClOS2/c1-18-12-6-7-13-14(8-12)15(9-20-16(13)19)10-2-4-11(17)5-3-10/h2-9H,1H3. The number of methoxy groups -OCH3 is 1. The van der Waals surface area contributed by atoms with E-state index in [1.165, 1.54) is 0 Å². The lowest BCUT2D eigenvalue weighted by atomic mass is 10.0. The first kappa shape index (κ1) is 13.6. The van der Waals surface area contributed by atoms with Gasteiger partial charge in [0, 0.05) is 15.8 Å². The Balaban J connectivity index is 2.32. The molecule has 0 radical (unpaired) electrons. The smallest absolute Gasteiger partial charge is 0.119 e. The first-order valence-electron chi connectivity index (χ1n) is 6.04.